The predicted octanol–water partition coefficient (Wildman–Crippen LogP) is 28.3. The van der Waals surface area contributed by atoms with E-state index in [4.69, 9.17) is 18.9 Å². The summed E-state index contributed by atoms with van der Waals surface area (Å²) in [5.74, 6) is -2.23. The summed E-state index contributed by atoms with van der Waals surface area (Å²) in [5.41, 5.74) is 0. The van der Waals surface area contributed by atoms with Crippen LogP contribution in [0.4, 0.5) is 0 Å². The standard InChI is InChI=1S/C91H179NO8/c1-6-8-10-12-14-16-18-20-22-24-26-28-30-32-34-36-38-40-42-44-46-48-50-52-54-56-58-60-62-64-66-68-70-72-74-76-78-80-82-89(94)100-87(86-99-91(90(95)96)97-84-83-92(3,4)5)85-98-88(93)81-79-77-75-73-71-69-67-65-63-61-59-57-55-53-51-49-47-45-43-41-39-37-35-33-31-29-27-25-23-21-19-17-15-13-11-9-7-2/h87,91H,6-86H2,1-5H3. The Morgan fingerprint density at radius 1 is 0.260 bits per heavy atom. The fourth-order valence-electron chi connectivity index (χ4n) is 14.7. The third-order valence-corrected chi connectivity index (χ3v) is 21.6. The lowest BCUT2D eigenvalue weighted by molar-refractivity contribution is -0.870. The summed E-state index contributed by atoms with van der Waals surface area (Å²) in [6.07, 6.45) is 102. The molecule has 0 saturated carbocycles. The summed E-state index contributed by atoms with van der Waals surface area (Å²) >= 11 is 0. The molecule has 0 spiro atoms. The SMILES string of the molecule is CCCCCCCCCCCCCCCCCCCCCCCCCCCCCCCCCCCCCCCCC(=O)OC(COC(=O)CCCCCCCCCCCCCCCCCCCCCCCCCCCCCCCCCCCCCCC)COC(OCC[N+](C)(C)C)C(=O)[O-]. The molecule has 9 nitrogen and oxygen atoms in total. The Balaban J connectivity index is 3.86. The monoisotopic (exact) mass is 1410 g/mol. The maximum Gasteiger partial charge on any atom is 0.306 e. The highest BCUT2D eigenvalue weighted by molar-refractivity contribution is 5.70. The summed E-state index contributed by atoms with van der Waals surface area (Å²) in [4.78, 5) is 37.7. The molecule has 0 aromatic carbocycles. The van der Waals surface area contributed by atoms with Crippen LogP contribution in [0, 0.1) is 0 Å². The second kappa shape index (κ2) is 82.9. The lowest BCUT2D eigenvalue weighted by Gasteiger charge is -2.26. The molecule has 0 N–H and O–H groups in total. The summed E-state index contributed by atoms with van der Waals surface area (Å²) in [6.45, 7) is 4.87. The molecule has 0 heterocycles. The molecule has 596 valence electrons. The van der Waals surface area contributed by atoms with Crippen molar-refractivity contribution in [2.24, 2.45) is 0 Å². The average molecular weight is 1420 g/mol. The van der Waals surface area contributed by atoms with Crippen LogP contribution < -0.4 is 5.11 Å². The van der Waals surface area contributed by atoms with Gasteiger partial charge < -0.3 is 33.3 Å². The molecule has 0 aliphatic heterocycles. The van der Waals surface area contributed by atoms with Crippen LogP contribution in [0.15, 0.2) is 0 Å². The van der Waals surface area contributed by atoms with Crippen LogP contribution in [0.3, 0.4) is 0 Å². The highest BCUT2D eigenvalue weighted by Gasteiger charge is 2.22. The third kappa shape index (κ3) is 83.6. The van der Waals surface area contributed by atoms with Gasteiger partial charge in [-0.05, 0) is 12.8 Å². The summed E-state index contributed by atoms with van der Waals surface area (Å²) in [7, 11) is 5.96. The maximum atomic E-state index is 13.0. The number of carbonyl (C=O) groups is 3. The number of rotatable bonds is 88. The molecule has 0 rings (SSSR count). The van der Waals surface area contributed by atoms with E-state index in [9.17, 15) is 19.5 Å². The van der Waals surface area contributed by atoms with Crippen LogP contribution in [-0.4, -0.2) is 82.3 Å². The first-order valence-corrected chi connectivity index (χ1v) is 45.7. The summed E-state index contributed by atoms with van der Waals surface area (Å²) in [5, 5.41) is 11.9. The quantitative estimate of drug-likeness (QED) is 0.0256. The van der Waals surface area contributed by atoms with Crippen molar-refractivity contribution in [2.75, 3.05) is 47.5 Å². The van der Waals surface area contributed by atoms with Gasteiger partial charge in [0.25, 0.3) is 0 Å². The van der Waals surface area contributed by atoms with Crippen LogP contribution >= 0.6 is 0 Å². The van der Waals surface area contributed by atoms with Gasteiger partial charge in [0.15, 0.2) is 12.4 Å². The molecule has 0 aliphatic rings. The van der Waals surface area contributed by atoms with Crippen LogP contribution in [0.1, 0.15) is 508 Å². The summed E-state index contributed by atoms with van der Waals surface area (Å²) < 4.78 is 22.9. The first-order valence-electron chi connectivity index (χ1n) is 45.7. The number of quaternary nitrogens is 1. The third-order valence-electron chi connectivity index (χ3n) is 21.6. The molecule has 0 aromatic rings. The van der Waals surface area contributed by atoms with Gasteiger partial charge in [0, 0.05) is 12.8 Å². The molecule has 0 radical (unpaired) electrons. The van der Waals surface area contributed by atoms with E-state index in [-0.39, 0.29) is 32.2 Å². The number of likely N-dealkylation sites (N-methyl/N-ethyl adjacent to an activating group) is 1. The van der Waals surface area contributed by atoms with Crippen molar-refractivity contribution in [1.82, 2.24) is 0 Å². The zero-order valence-corrected chi connectivity index (χ0v) is 68.6. The largest absolute Gasteiger partial charge is 0.545 e. The molecule has 0 aliphatic carbocycles. The summed E-state index contributed by atoms with van der Waals surface area (Å²) in [6, 6.07) is 0. The second-order valence-electron chi connectivity index (χ2n) is 33.0. The fraction of sp³-hybridized carbons (Fsp3) is 0.967. The molecule has 2 atom stereocenters. The van der Waals surface area contributed by atoms with E-state index in [1.54, 1.807) is 0 Å². The van der Waals surface area contributed by atoms with E-state index in [0.29, 0.717) is 17.4 Å². The van der Waals surface area contributed by atoms with Crippen LogP contribution in [0.2, 0.25) is 0 Å². The van der Waals surface area contributed by atoms with Crippen molar-refractivity contribution < 1.29 is 42.9 Å². The minimum absolute atomic E-state index is 0.154. The van der Waals surface area contributed by atoms with Crippen LogP contribution in [0.25, 0.3) is 0 Å². The Labute approximate surface area is 625 Å². The molecule has 2 unspecified atom stereocenters. The van der Waals surface area contributed by atoms with Crippen molar-refractivity contribution in [3.63, 3.8) is 0 Å². The highest BCUT2D eigenvalue weighted by Crippen LogP contribution is 2.22. The molecule has 0 amide bonds. The van der Waals surface area contributed by atoms with Crippen molar-refractivity contribution in [3.05, 3.63) is 0 Å². The highest BCUT2D eigenvalue weighted by atomic mass is 16.7. The van der Waals surface area contributed by atoms with Crippen molar-refractivity contribution in [3.8, 4) is 0 Å². The van der Waals surface area contributed by atoms with Gasteiger partial charge in [0.05, 0.1) is 40.3 Å². The molecule has 9 heteroatoms. The Morgan fingerprint density at radius 2 is 0.450 bits per heavy atom. The first kappa shape index (κ1) is 98.3. The molecule has 100 heavy (non-hydrogen) atoms. The number of ether oxygens (including phenoxy) is 4. The molecule has 0 aromatic heterocycles. The Kier molecular flexibility index (Phi) is 81.5. The minimum Gasteiger partial charge on any atom is -0.545 e. The smallest absolute Gasteiger partial charge is 0.306 e. The number of hydrogen-bond acceptors (Lipinski definition) is 8. The van der Waals surface area contributed by atoms with Gasteiger partial charge in [-0.15, -0.1) is 0 Å². The zero-order valence-electron chi connectivity index (χ0n) is 68.6. The van der Waals surface area contributed by atoms with Gasteiger partial charge in [-0.1, -0.05) is 483 Å². The fourth-order valence-corrected chi connectivity index (χ4v) is 14.7. The van der Waals surface area contributed by atoms with Gasteiger partial charge in [-0.3, -0.25) is 9.59 Å². The number of unbranched alkanes of at least 4 members (excludes halogenated alkanes) is 73. The van der Waals surface area contributed by atoms with E-state index in [2.05, 4.69) is 13.8 Å². The van der Waals surface area contributed by atoms with Gasteiger partial charge in [0.1, 0.15) is 13.2 Å². The Bertz CT molecular complexity index is 1600. The molecular weight excluding hydrogens is 1230 g/mol. The van der Waals surface area contributed by atoms with Gasteiger partial charge >= 0.3 is 11.9 Å². The van der Waals surface area contributed by atoms with Gasteiger partial charge in [-0.25, -0.2) is 0 Å². The predicted molar refractivity (Wildman–Crippen MR) is 431 cm³/mol. The van der Waals surface area contributed by atoms with Crippen molar-refractivity contribution >= 4 is 17.9 Å². The van der Waals surface area contributed by atoms with Crippen LogP contribution in [-0.2, 0) is 33.3 Å². The Hall–Kier alpha value is -1.71. The van der Waals surface area contributed by atoms with E-state index in [0.717, 1.165) is 38.5 Å². The zero-order chi connectivity index (χ0) is 72.5. The number of hydrogen-bond donors (Lipinski definition) is 0. The number of esters is 2. The van der Waals surface area contributed by atoms with Crippen molar-refractivity contribution in [2.45, 2.75) is 521 Å². The topological polar surface area (TPSA) is 111 Å². The average Bonchev–Trinajstić information content (AvgIpc) is 1.03. The number of carboxylic acid groups (broad SMARTS) is 1. The van der Waals surface area contributed by atoms with E-state index < -0.39 is 24.3 Å². The molecule has 0 fully saturated rings. The van der Waals surface area contributed by atoms with Crippen molar-refractivity contribution in [1.29, 1.82) is 0 Å². The van der Waals surface area contributed by atoms with Crippen LogP contribution in [0.5, 0.6) is 0 Å². The molecule has 0 saturated heterocycles. The molecule has 0 bridgehead atoms. The van der Waals surface area contributed by atoms with E-state index >= 15 is 0 Å². The normalized spacial score (nSPS) is 12.4. The number of carbonyl (C=O) groups excluding carboxylic acids is 3. The number of aliphatic carboxylic acids is 1. The Morgan fingerprint density at radius 3 is 0.640 bits per heavy atom. The lowest BCUT2D eigenvalue weighted by atomic mass is 10.0. The number of nitrogens with zero attached hydrogens (tertiary/aromatic N) is 1. The second-order valence-corrected chi connectivity index (χ2v) is 33.0. The van der Waals surface area contributed by atoms with Gasteiger partial charge in [-0.2, -0.15) is 0 Å². The maximum absolute atomic E-state index is 13.0. The van der Waals surface area contributed by atoms with E-state index in [1.807, 2.05) is 21.1 Å². The van der Waals surface area contributed by atoms with Gasteiger partial charge in [0.2, 0.25) is 0 Å². The molecular formula is C91H179NO8. The lowest BCUT2D eigenvalue weighted by Crippen LogP contribution is -2.44. The number of carboxylic acids is 1. The first-order chi connectivity index (χ1) is 49.1. The minimum atomic E-state index is -1.62. The van der Waals surface area contributed by atoms with E-state index in [1.165, 1.54) is 443 Å².